The first-order chi connectivity index (χ1) is 8.15. The molecule has 5 nitrogen and oxygen atoms in total. The zero-order valence-corrected chi connectivity index (χ0v) is 10.4. The minimum Gasteiger partial charge on any atom is -0.380 e. The van der Waals surface area contributed by atoms with Crippen LogP contribution in [0.15, 0.2) is 18.2 Å². The number of rotatable bonds is 7. The van der Waals surface area contributed by atoms with E-state index >= 15 is 0 Å². The molecule has 0 bridgehead atoms. The van der Waals surface area contributed by atoms with E-state index in [2.05, 4.69) is 5.32 Å². The van der Waals surface area contributed by atoms with E-state index in [0.717, 1.165) is 12.1 Å². The van der Waals surface area contributed by atoms with Crippen molar-refractivity contribution in [3.8, 4) is 0 Å². The third-order valence-electron chi connectivity index (χ3n) is 2.25. The van der Waals surface area contributed by atoms with Crippen LogP contribution in [0.3, 0.4) is 0 Å². The second-order valence-corrected chi connectivity index (χ2v) is 3.91. The lowest BCUT2D eigenvalue weighted by Crippen LogP contribution is -2.15. The molecule has 17 heavy (non-hydrogen) atoms. The number of halogens is 1. The molecule has 0 unspecified atom stereocenters. The lowest BCUT2D eigenvalue weighted by Gasteiger charge is -2.05. The van der Waals surface area contributed by atoms with Gasteiger partial charge in [-0.2, -0.15) is 0 Å². The summed E-state index contributed by atoms with van der Waals surface area (Å²) in [5, 5.41) is 14.1. The number of nitrogens with zero attached hydrogens (tertiary/aromatic N) is 1. The van der Waals surface area contributed by atoms with Crippen molar-refractivity contribution >= 4 is 17.3 Å². The Morgan fingerprint density at radius 3 is 2.88 bits per heavy atom. The van der Waals surface area contributed by atoms with Crippen molar-refractivity contribution in [3.63, 3.8) is 0 Å². The third kappa shape index (κ3) is 4.68. The van der Waals surface area contributed by atoms with Gasteiger partial charge in [0, 0.05) is 23.7 Å². The van der Waals surface area contributed by atoms with Crippen molar-refractivity contribution in [2.45, 2.75) is 6.42 Å². The summed E-state index contributed by atoms with van der Waals surface area (Å²) in [6.45, 7) is 1.90. The van der Waals surface area contributed by atoms with E-state index in [4.69, 9.17) is 16.3 Å². The first-order valence-corrected chi connectivity index (χ1v) is 5.68. The minimum atomic E-state index is -0.429. The predicted molar refractivity (Wildman–Crippen MR) is 66.6 cm³/mol. The number of nitrogens with one attached hydrogen (secondary N) is 1. The summed E-state index contributed by atoms with van der Waals surface area (Å²) in [6, 6.07) is 4.43. The molecule has 0 fully saturated rings. The van der Waals surface area contributed by atoms with Gasteiger partial charge in [-0.05, 0) is 25.1 Å². The monoisotopic (exact) mass is 258 g/mol. The number of hydrogen-bond donors (Lipinski definition) is 1. The molecule has 0 spiro atoms. The number of non-ortho nitro benzene ring substituents is 1. The predicted octanol–water partition coefficient (Wildman–Crippen LogP) is 2.03. The van der Waals surface area contributed by atoms with E-state index in [1.807, 2.05) is 7.05 Å². The number of nitro benzene ring substituents is 1. The summed E-state index contributed by atoms with van der Waals surface area (Å²) in [4.78, 5) is 10.2. The van der Waals surface area contributed by atoms with Gasteiger partial charge in [0.05, 0.1) is 18.1 Å². The quantitative estimate of drug-likeness (QED) is 0.462. The molecule has 0 heterocycles. The number of hydrogen-bond acceptors (Lipinski definition) is 4. The summed E-state index contributed by atoms with van der Waals surface area (Å²) < 4.78 is 5.34. The van der Waals surface area contributed by atoms with Crippen LogP contribution in [0.1, 0.15) is 5.56 Å². The lowest BCUT2D eigenvalue weighted by atomic mass is 10.1. The van der Waals surface area contributed by atoms with Crippen LogP contribution in [0.4, 0.5) is 5.69 Å². The molecule has 94 valence electrons. The highest BCUT2D eigenvalue weighted by molar-refractivity contribution is 6.31. The Hall–Kier alpha value is -1.17. The molecule has 0 amide bonds. The maximum Gasteiger partial charge on any atom is 0.269 e. The van der Waals surface area contributed by atoms with Gasteiger partial charge in [0.2, 0.25) is 0 Å². The Morgan fingerprint density at radius 1 is 1.47 bits per heavy atom. The molecule has 0 aliphatic heterocycles. The molecular formula is C11H15ClN2O3. The van der Waals surface area contributed by atoms with Gasteiger partial charge in [-0.15, -0.1) is 0 Å². The topological polar surface area (TPSA) is 64.4 Å². The van der Waals surface area contributed by atoms with Crippen LogP contribution < -0.4 is 5.32 Å². The maximum absolute atomic E-state index is 10.6. The molecule has 1 aromatic carbocycles. The van der Waals surface area contributed by atoms with Crippen LogP contribution >= 0.6 is 11.6 Å². The second-order valence-electron chi connectivity index (χ2n) is 3.50. The van der Waals surface area contributed by atoms with Crippen molar-refractivity contribution < 1.29 is 9.66 Å². The molecule has 0 radical (unpaired) electrons. The second kappa shape index (κ2) is 7.21. The number of benzene rings is 1. The molecule has 0 saturated carbocycles. The van der Waals surface area contributed by atoms with Gasteiger partial charge in [0.1, 0.15) is 0 Å². The van der Waals surface area contributed by atoms with Crippen molar-refractivity contribution in [1.29, 1.82) is 0 Å². The highest BCUT2D eigenvalue weighted by Crippen LogP contribution is 2.22. The molecule has 1 rings (SSSR count). The molecule has 0 aliphatic rings. The van der Waals surface area contributed by atoms with E-state index in [1.165, 1.54) is 12.1 Å². The van der Waals surface area contributed by atoms with E-state index in [9.17, 15) is 10.1 Å². The van der Waals surface area contributed by atoms with Gasteiger partial charge >= 0.3 is 0 Å². The summed E-state index contributed by atoms with van der Waals surface area (Å²) in [6.07, 6.45) is 0.574. The van der Waals surface area contributed by atoms with Gasteiger partial charge in [-0.25, -0.2) is 0 Å². The minimum absolute atomic E-state index is 0.0552. The summed E-state index contributed by atoms with van der Waals surface area (Å²) in [5.74, 6) is 0. The van der Waals surface area contributed by atoms with Gasteiger partial charge < -0.3 is 10.1 Å². The number of ether oxygens (including phenoxy) is 1. The fraction of sp³-hybridized carbons (Fsp3) is 0.455. The molecule has 0 saturated heterocycles. The fourth-order valence-electron chi connectivity index (χ4n) is 1.32. The SMILES string of the molecule is CNCCOCCc1cc([N+](=O)[O-])ccc1Cl. The molecular weight excluding hydrogens is 244 g/mol. The molecule has 1 aromatic rings. The maximum atomic E-state index is 10.6. The fourth-order valence-corrected chi connectivity index (χ4v) is 1.54. The van der Waals surface area contributed by atoms with Gasteiger partial charge in [-0.1, -0.05) is 11.6 Å². The average molecular weight is 259 g/mol. The van der Waals surface area contributed by atoms with Crippen molar-refractivity contribution in [2.75, 3.05) is 26.8 Å². The summed E-state index contributed by atoms with van der Waals surface area (Å²) >= 11 is 5.95. The Morgan fingerprint density at radius 2 is 2.24 bits per heavy atom. The first-order valence-electron chi connectivity index (χ1n) is 5.30. The van der Waals surface area contributed by atoms with Crippen LogP contribution in [0.5, 0.6) is 0 Å². The van der Waals surface area contributed by atoms with Crippen molar-refractivity contribution in [1.82, 2.24) is 5.32 Å². The Labute approximate surface area is 105 Å². The van der Waals surface area contributed by atoms with E-state index < -0.39 is 4.92 Å². The van der Waals surface area contributed by atoms with Crippen LogP contribution in [-0.2, 0) is 11.2 Å². The van der Waals surface area contributed by atoms with Gasteiger partial charge in [-0.3, -0.25) is 10.1 Å². The zero-order chi connectivity index (χ0) is 12.7. The Bertz CT molecular complexity index is 385. The summed E-state index contributed by atoms with van der Waals surface area (Å²) in [5.41, 5.74) is 0.796. The van der Waals surface area contributed by atoms with Crippen molar-refractivity contribution in [3.05, 3.63) is 38.9 Å². The standard InChI is InChI=1S/C11H15ClN2O3/c1-13-5-7-17-6-4-9-8-10(14(15)16)2-3-11(9)12/h2-3,8,13H,4-7H2,1H3. The normalized spacial score (nSPS) is 10.5. The van der Waals surface area contributed by atoms with Gasteiger partial charge in [0.15, 0.2) is 0 Å². The molecule has 0 aliphatic carbocycles. The van der Waals surface area contributed by atoms with Crippen LogP contribution in [-0.4, -0.2) is 31.7 Å². The highest BCUT2D eigenvalue weighted by Gasteiger charge is 2.09. The largest absolute Gasteiger partial charge is 0.380 e. The number of likely N-dealkylation sites (N-methyl/N-ethyl adjacent to an activating group) is 1. The van der Waals surface area contributed by atoms with E-state index in [0.29, 0.717) is 24.7 Å². The van der Waals surface area contributed by atoms with E-state index in [-0.39, 0.29) is 5.69 Å². The molecule has 6 heteroatoms. The Kier molecular flexibility index (Phi) is 5.90. The van der Waals surface area contributed by atoms with Crippen molar-refractivity contribution in [2.24, 2.45) is 0 Å². The average Bonchev–Trinajstić information content (AvgIpc) is 2.30. The van der Waals surface area contributed by atoms with Gasteiger partial charge in [0.25, 0.3) is 5.69 Å². The van der Waals surface area contributed by atoms with E-state index in [1.54, 1.807) is 6.07 Å². The molecule has 1 N–H and O–H groups in total. The van der Waals surface area contributed by atoms with Crippen LogP contribution in [0.25, 0.3) is 0 Å². The first kappa shape index (κ1) is 13.9. The zero-order valence-electron chi connectivity index (χ0n) is 9.61. The Balaban J connectivity index is 2.51. The molecule has 0 aromatic heterocycles. The highest BCUT2D eigenvalue weighted by atomic mass is 35.5. The molecule has 0 atom stereocenters. The van der Waals surface area contributed by atoms with Crippen LogP contribution in [0, 0.1) is 10.1 Å². The third-order valence-corrected chi connectivity index (χ3v) is 2.62. The lowest BCUT2D eigenvalue weighted by molar-refractivity contribution is -0.384. The number of nitro groups is 1. The smallest absolute Gasteiger partial charge is 0.269 e. The summed E-state index contributed by atoms with van der Waals surface area (Å²) in [7, 11) is 1.85. The van der Waals surface area contributed by atoms with Crippen LogP contribution in [0.2, 0.25) is 5.02 Å².